The second kappa shape index (κ2) is 8.39. The van der Waals surface area contributed by atoms with Crippen molar-refractivity contribution in [1.82, 2.24) is 15.1 Å². The Labute approximate surface area is 167 Å². The predicted octanol–water partition coefficient (Wildman–Crippen LogP) is 1.18. The first-order valence-electron chi connectivity index (χ1n) is 9.56. The molecule has 0 saturated carbocycles. The highest BCUT2D eigenvalue weighted by Gasteiger charge is 2.24. The van der Waals surface area contributed by atoms with Gasteiger partial charge in [-0.05, 0) is 6.07 Å². The number of aromatic nitrogens is 2. The summed E-state index contributed by atoms with van der Waals surface area (Å²) in [5.41, 5.74) is 1.24. The van der Waals surface area contributed by atoms with Crippen molar-refractivity contribution in [2.45, 2.75) is 0 Å². The number of morpholine rings is 1. The second-order valence-electron chi connectivity index (χ2n) is 6.96. The minimum absolute atomic E-state index is 0.0759. The van der Waals surface area contributed by atoms with Crippen LogP contribution in [0.1, 0.15) is 10.4 Å². The summed E-state index contributed by atoms with van der Waals surface area (Å²) in [6, 6.07) is 7.89. The number of nitro benzene ring substituents is 1. The van der Waals surface area contributed by atoms with Crippen LogP contribution in [0, 0.1) is 10.1 Å². The maximum atomic E-state index is 12.7. The first kappa shape index (κ1) is 19.1. The van der Waals surface area contributed by atoms with E-state index in [2.05, 4.69) is 20.0 Å². The smallest absolute Gasteiger partial charge is 0.270 e. The molecule has 0 atom stereocenters. The molecule has 0 bridgehead atoms. The minimum atomic E-state index is -0.489. The minimum Gasteiger partial charge on any atom is -0.378 e. The van der Waals surface area contributed by atoms with Crippen molar-refractivity contribution in [1.29, 1.82) is 0 Å². The van der Waals surface area contributed by atoms with Crippen LogP contribution >= 0.6 is 0 Å². The van der Waals surface area contributed by atoms with Gasteiger partial charge in [-0.3, -0.25) is 14.9 Å². The number of ether oxygens (including phenoxy) is 1. The number of hydrogen-bond donors (Lipinski definition) is 0. The predicted molar refractivity (Wildman–Crippen MR) is 106 cm³/mol. The van der Waals surface area contributed by atoms with E-state index in [9.17, 15) is 14.9 Å². The lowest BCUT2D eigenvalue weighted by Crippen LogP contribution is -2.49. The van der Waals surface area contributed by atoms with E-state index in [1.54, 1.807) is 17.2 Å². The number of hydrogen-bond acceptors (Lipinski definition) is 8. The van der Waals surface area contributed by atoms with Gasteiger partial charge in [0.05, 0.1) is 30.0 Å². The molecule has 10 heteroatoms. The number of carbonyl (C=O) groups excluding carboxylic acids is 1. The molecule has 1 aromatic heterocycles. The Hall–Kier alpha value is -3.27. The fourth-order valence-corrected chi connectivity index (χ4v) is 3.57. The van der Waals surface area contributed by atoms with Crippen LogP contribution < -0.4 is 9.80 Å². The van der Waals surface area contributed by atoms with Gasteiger partial charge in [0.15, 0.2) is 5.82 Å². The van der Waals surface area contributed by atoms with Crippen LogP contribution in [0.5, 0.6) is 0 Å². The SMILES string of the molecule is O=C(c1cccc([N+](=O)[O-])c1)N1CCN(c2cnnc(N3CCOCC3)c2)CC1. The van der Waals surface area contributed by atoms with E-state index >= 15 is 0 Å². The molecule has 29 heavy (non-hydrogen) atoms. The van der Waals surface area contributed by atoms with Crippen LogP contribution in [-0.4, -0.2) is 78.4 Å². The summed E-state index contributed by atoms with van der Waals surface area (Å²) in [7, 11) is 0. The lowest BCUT2D eigenvalue weighted by Gasteiger charge is -2.36. The molecule has 0 N–H and O–H groups in total. The number of benzene rings is 1. The Balaban J connectivity index is 1.40. The van der Waals surface area contributed by atoms with E-state index in [0.717, 1.165) is 24.6 Å². The molecule has 2 aliphatic heterocycles. The van der Waals surface area contributed by atoms with Crippen LogP contribution in [0.3, 0.4) is 0 Å². The van der Waals surface area contributed by atoms with Gasteiger partial charge in [-0.2, -0.15) is 5.10 Å². The van der Waals surface area contributed by atoms with Gasteiger partial charge in [0.1, 0.15) is 0 Å². The molecule has 152 valence electrons. The van der Waals surface area contributed by atoms with Crippen molar-refractivity contribution >= 4 is 23.1 Å². The Morgan fingerprint density at radius 1 is 1.03 bits per heavy atom. The second-order valence-corrected chi connectivity index (χ2v) is 6.96. The third-order valence-corrected chi connectivity index (χ3v) is 5.20. The number of anilines is 2. The summed E-state index contributed by atoms with van der Waals surface area (Å²) in [6.45, 7) is 5.36. The van der Waals surface area contributed by atoms with Gasteiger partial charge in [0.2, 0.25) is 0 Å². The van der Waals surface area contributed by atoms with E-state index in [4.69, 9.17) is 4.74 Å². The molecule has 0 aliphatic carbocycles. The summed E-state index contributed by atoms with van der Waals surface area (Å²) in [5, 5.41) is 19.3. The highest BCUT2D eigenvalue weighted by molar-refractivity contribution is 5.95. The molecule has 3 heterocycles. The summed E-state index contributed by atoms with van der Waals surface area (Å²) >= 11 is 0. The number of amides is 1. The zero-order chi connectivity index (χ0) is 20.2. The molecule has 0 spiro atoms. The highest BCUT2D eigenvalue weighted by Crippen LogP contribution is 2.22. The molecular weight excluding hydrogens is 376 g/mol. The van der Waals surface area contributed by atoms with Crippen molar-refractivity contribution < 1.29 is 14.5 Å². The van der Waals surface area contributed by atoms with Crippen LogP contribution in [-0.2, 0) is 4.74 Å². The topological polar surface area (TPSA) is 105 Å². The Morgan fingerprint density at radius 2 is 1.79 bits per heavy atom. The molecule has 1 amide bonds. The van der Waals surface area contributed by atoms with Crippen LogP contribution in [0.2, 0.25) is 0 Å². The summed E-state index contributed by atoms with van der Waals surface area (Å²) in [4.78, 5) is 29.2. The molecule has 2 fully saturated rings. The molecule has 10 nitrogen and oxygen atoms in total. The van der Waals surface area contributed by atoms with Gasteiger partial charge < -0.3 is 19.4 Å². The molecular formula is C19H22N6O4. The number of piperazine rings is 1. The van der Waals surface area contributed by atoms with Crippen LogP contribution in [0.4, 0.5) is 17.2 Å². The Bertz CT molecular complexity index is 894. The lowest BCUT2D eigenvalue weighted by molar-refractivity contribution is -0.384. The molecule has 0 unspecified atom stereocenters. The Morgan fingerprint density at radius 3 is 2.52 bits per heavy atom. The van der Waals surface area contributed by atoms with Crippen molar-refractivity contribution in [3.05, 3.63) is 52.2 Å². The maximum Gasteiger partial charge on any atom is 0.270 e. The van der Waals surface area contributed by atoms with E-state index < -0.39 is 4.92 Å². The fraction of sp³-hybridized carbons (Fsp3) is 0.421. The van der Waals surface area contributed by atoms with Gasteiger partial charge in [-0.25, -0.2) is 0 Å². The van der Waals surface area contributed by atoms with Gasteiger partial charge >= 0.3 is 0 Å². The average Bonchev–Trinajstić information content (AvgIpc) is 2.79. The lowest BCUT2D eigenvalue weighted by atomic mass is 10.1. The zero-order valence-corrected chi connectivity index (χ0v) is 15.9. The van der Waals surface area contributed by atoms with Crippen LogP contribution in [0.15, 0.2) is 36.5 Å². The van der Waals surface area contributed by atoms with E-state index in [-0.39, 0.29) is 11.6 Å². The highest BCUT2D eigenvalue weighted by atomic mass is 16.6. The van der Waals surface area contributed by atoms with Crippen molar-refractivity contribution in [2.24, 2.45) is 0 Å². The van der Waals surface area contributed by atoms with Gasteiger partial charge in [0, 0.05) is 63.0 Å². The normalized spacial score (nSPS) is 17.3. The van der Waals surface area contributed by atoms with Crippen molar-refractivity contribution in [3.8, 4) is 0 Å². The standard InChI is InChI=1S/C19H22N6O4/c26-19(15-2-1-3-16(12-15)25(27)28)24-6-4-22(5-7-24)17-13-18(21-20-14-17)23-8-10-29-11-9-23/h1-3,12-14H,4-11H2. The number of nitrogens with zero attached hydrogens (tertiary/aromatic N) is 6. The molecule has 2 aliphatic rings. The maximum absolute atomic E-state index is 12.7. The monoisotopic (exact) mass is 398 g/mol. The summed E-state index contributed by atoms with van der Waals surface area (Å²) < 4.78 is 5.38. The quantitative estimate of drug-likeness (QED) is 0.559. The average molecular weight is 398 g/mol. The van der Waals surface area contributed by atoms with Gasteiger partial charge in [-0.15, -0.1) is 5.10 Å². The molecule has 1 aromatic carbocycles. The molecule has 4 rings (SSSR count). The molecule has 2 aromatic rings. The first-order valence-corrected chi connectivity index (χ1v) is 9.56. The van der Waals surface area contributed by atoms with Gasteiger partial charge in [-0.1, -0.05) is 6.07 Å². The fourth-order valence-electron chi connectivity index (χ4n) is 3.57. The van der Waals surface area contributed by atoms with E-state index in [0.29, 0.717) is 45.0 Å². The van der Waals surface area contributed by atoms with Crippen LogP contribution in [0.25, 0.3) is 0 Å². The summed E-state index contributed by atoms with van der Waals surface area (Å²) in [6.07, 6.45) is 1.74. The van der Waals surface area contributed by atoms with Crippen molar-refractivity contribution in [3.63, 3.8) is 0 Å². The number of non-ortho nitro benzene ring substituents is 1. The molecule has 2 saturated heterocycles. The Kier molecular flexibility index (Phi) is 5.52. The van der Waals surface area contributed by atoms with Gasteiger partial charge in [0.25, 0.3) is 11.6 Å². The number of nitro groups is 1. The van der Waals surface area contributed by atoms with E-state index in [1.165, 1.54) is 18.2 Å². The number of rotatable bonds is 4. The largest absolute Gasteiger partial charge is 0.378 e. The number of carbonyl (C=O) groups is 1. The molecule has 0 radical (unpaired) electrons. The zero-order valence-electron chi connectivity index (χ0n) is 15.9. The first-order chi connectivity index (χ1) is 14.1. The summed E-state index contributed by atoms with van der Waals surface area (Å²) in [5.74, 6) is 0.649. The van der Waals surface area contributed by atoms with Crippen molar-refractivity contribution in [2.75, 3.05) is 62.3 Å². The third-order valence-electron chi connectivity index (χ3n) is 5.20. The van der Waals surface area contributed by atoms with E-state index in [1.807, 2.05) is 6.07 Å². The third kappa shape index (κ3) is 4.27.